The van der Waals surface area contributed by atoms with E-state index in [0.29, 0.717) is 12.2 Å². The Hall–Kier alpha value is -1.70. The minimum atomic E-state index is -4.48. The maximum Gasteiger partial charge on any atom is 0.407 e. The summed E-state index contributed by atoms with van der Waals surface area (Å²) in [6.07, 6.45) is -4.48. The Labute approximate surface area is 85.5 Å². The average Bonchev–Trinajstić information content (AvgIpc) is 2.17. The van der Waals surface area contributed by atoms with E-state index < -0.39 is 11.7 Å². The number of hydrogen-bond donors (Lipinski definition) is 1. The maximum atomic E-state index is 12.5. The molecule has 0 aliphatic rings. The summed E-state index contributed by atoms with van der Waals surface area (Å²) < 4.78 is 37.5. The Morgan fingerprint density at radius 1 is 1.40 bits per heavy atom. The van der Waals surface area contributed by atoms with Crippen LogP contribution in [0.2, 0.25) is 0 Å². The predicted molar refractivity (Wildman–Crippen MR) is 51.9 cm³/mol. The molecule has 1 aromatic rings. The molecule has 0 aromatic heterocycles. The zero-order valence-electron chi connectivity index (χ0n) is 8.02. The highest BCUT2D eigenvalue weighted by atomic mass is 19.4. The lowest BCUT2D eigenvalue weighted by Gasteiger charge is -2.11. The van der Waals surface area contributed by atoms with Gasteiger partial charge in [-0.1, -0.05) is 6.07 Å². The fourth-order valence-corrected chi connectivity index (χ4v) is 1.17. The lowest BCUT2D eigenvalue weighted by Crippen LogP contribution is -2.06. The van der Waals surface area contributed by atoms with Crippen LogP contribution in [0.15, 0.2) is 18.2 Å². The van der Waals surface area contributed by atoms with Gasteiger partial charge < -0.3 is 5.32 Å². The Morgan fingerprint density at radius 2 is 2.07 bits per heavy atom. The van der Waals surface area contributed by atoms with Crippen LogP contribution in [-0.2, 0) is 6.18 Å². The van der Waals surface area contributed by atoms with Crippen molar-refractivity contribution >= 4 is 11.4 Å². The fraction of sp³-hybridized carbons (Fsp3) is 0.300. The van der Waals surface area contributed by atoms with Gasteiger partial charge in [-0.15, -0.1) is 0 Å². The molecular weight excluding hydrogens is 205 g/mol. The second-order valence-electron chi connectivity index (χ2n) is 2.87. The summed E-state index contributed by atoms with van der Waals surface area (Å²) in [5, 5.41) is 2.77. The number of hydrogen-bond acceptors (Lipinski definition) is 1. The van der Waals surface area contributed by atoms with Gasteiger partial charge in [0.25, 0.3) is 0 Å². The highest BCUT2D eigenvalue weighted by molar-refractivity contribution is 5.61. The number of rotatable bonds is 2. The van der Waals surface area contributed by atoms with Gasteiger partial charge in [0, 0.05) is 12.2 Å². The van der Waals surface area contributed by atoms with Crippen molar-refractivity contribution in [1.29, 1.82) is 0 Å². The first kappa shape index (κ1) is 11.4. The normalized spacial score (nSPS) is 10.9. The number of nitrogens with one attached hydrogen (secondary N) is 1. The Morgan fingerprint density at radius 3 is 2.53 bits per heavy atom. The lowest BCUT2D eigenvalue weighted by atomic mass is 10.1. The second-order valence-corrected chi connectivity index (χ2v) is 2.87. The van der Waals surface area contributed by atoms with Crippen molar-refractivity contribution in [2.75, 3.05) is 11.9 Å². The molecule has 0 fully saturated rings. The van der Waals surface area contributed by atoms with Crippen molar-refractivity contribution in [2.45, 2.75) is 13.1 Å². The molecule has 1 N–H and O–H groups in total. The van der Waals surface area contributed by atoms with Crippen LogP contribution >= 0.6 is 0 Å². The van der Waals surface area contributed by atoms with Gasteiger partial charge in [0.15, 0.2) is 5.69 Å². The molecule has 0 heterocycles. The predicted octanol–water partition coefficient (Wildman–Crippen LogP) is 3.69. The van der Waals surface area contributed by atoms with Crippen LogP contribution in [0, 0.1) is 6.57 Å². The summed E-state index contributed by atoms with van der Waals surface area (Å²) in [6.45, 7) is 8.97. The van der Waals surface area contributed by atoms with Crippen LogP contribution in [-0.4, -0.2) is 6.54 Å². The largest absolute Gasteiger partial charge is 0.407 e. The van der Waals surface area contributed by atoms with Gasteiger partial charge in [0.05, 0.1) is 12.1 Å². The molecule has 0 saturated heterocycles. The molecule has 15 heavy (non-hydrogen) atoms. The molecule has 0 saturated carbocycles. The van der Waals surface area contributed by atoms with E-state index in [2.05, 4.69) is 10.2 Å². The number of benzene rings is 1. The molecule has 0 aliphatic carbocycles. The Bertz CT molecular complexity index is 391. The van der Waals surface area contributed by atoms with Crippen molar-refractivity contribution in [3.63, 3.8) is 0 Å². The van der Waals surface area contributed by atoms with E-state index in [1.165, 1.54) is 12.1 Å². The van der Waals surface area contributed by atoms with Crippen molar-refractivity contribution in [2.24, 2.45) is 0 Å². The summed E-state index contributed by atoms with van der Waals surface area (Å²) >= 11 is 0. The minimum Gasteiger partial charge on any atom is -0.385 e. The molecule has 0 radical (unpaired) electrons. The zero-order valence-corrected chi connectivity index (χ0v) is 8.02. The van der Waals surface area contributed by atoms with E-state index in [0.717, 1.165) is 6.07 Å². The van der Waals surface area contributed by atoms with E-state index in [4.69, 9.17) is 6.57 Å². The quantitative estimate of drug-likeness (QED) is 0.742. The second kappa shape index (κ2) is 4.22. The van der Waals surface area contributed by atoms with E-state index in [1.807, 2.05) is 0 Å². The summed E-state index contributed by atoms with van der Waals surface area (Å²) in [7, 11) is 0. The highest BCUT2D eigenvalue weighted by Gasteiger charge is 2.33. The third kappa shape index (κ3) is 2.62. The van der Waals surface area contributed by atoms with Crippen LogP contribution in [0.4, 0.5) is 24.5 Å². The molecule has 1 aromatic carbocycles. The average molecular weight is 214 g/mol. The van der Waals surface area contributed by atoms with Crippen molar-refractivity contribution in [3.05, 3.63) is 35.2 Å². The lowest BCUT2D eigenvalue weighted by molar-refractivity contribution is -0.136. The first-order valence-corrected chi connectivity index (χ1v) is 4.31. The van der Waals surface area contributed by atoms with Crippen LogP contribution in [0.5, 0.6) is 0 Å². The van der Waals surface area contributed by atoms with Gasteiger partial charge in [-0.05, 0) is 19.1 Å². The van der Waals surface area contributed by atoms with Crippen LogP contribution in [0.25, 0.3) is 4.85 Å². The molecule has 5 heteroatoms. The number of anilines is 1. The smallest absolute Gasteiger partial charge is 0.385 e. The highest BCUT2D eigenvalue weighted by Crippen LogP contribution is 2.37. The number of alkyl halides is 3. The number of halogens is 3. The van der Waals surface area contributed by atoms with E-state index in [-0.39, 0.29) is 5.69 Å². The third-order valence-corrected chi connectivity index (χ3v) is 1.80. The van der Waals surface area contributed by atoms with Gasteiger partial charge in [0.2, 0.25) is 0 Å². The Kier molecular flexibility index (Phi) is 3.20. The molecule has 0 spiro atoms. The third-order valence-electron chi connectivity index (χ3n) is 1.80. The molecule has 0 amide bonds. The monoisotopic (exact) mass is 214 g/mol. The zero-order chi connectivity index (χ0) is 11.5. The van der Waals surface area contributed by atoms with E-state index in [9.17, 15) is 13.2 Å². The fourth-order valence-electron chi connectivity index (χ4n) is 1.17. The van der Waals surface area contributed by atoms with Gasteiger partial charge in [-0.3, -0.25) is 0 Å². The SMILES string of the molecule is [C-]#[N+]c1ccc(NCC)cc1C(F)(F)F. The number of nitrogens with zero attached hydrogens (tertiary/aromatic N) is 1. The molecule has 0 bridgehead atoms. The summed E-state index contributed by atoms with van der Waals surface area (Å²) in [5.74, 6) is 0. The topological polar surface area (TPSA) is 16.4 Å². The van der Waals surface area contributed by atoms with Crippen molar-refractivity contribution in [3.8, 4) is 0 Å². The van der Waals surface area contributed by atoms with Crippen LogP contribution in [0.3, 0.4) is 0 Å². The Balaban J connectivity index is 3.21. The minimum absolute atomic E-state index is 0.371. The first-order chi connectivity index (χ1) is 6.99. The molecule has 2 nitrogen and oxygen atoms in total. The van der Waals surface area contributed by atoms with Crippen LogP contribution < -0.4 is 5.32 Å². The molecular formula is C10H9F3N2. The van der Waals surface area contributed by atoms with Crippen molar-refractivity contribution < 1.29 is 13.2 Å². The van der Waals surface area contributed by atoms with Gasteiger partial charge >= 0.3 is 6.18 Å². The molecule has 0 aliphatic heterocycles. The van der Waals surface area contributed by atoms with Crippen LogP contribution in [0.1, 0.15) is 12.5 Å². The van der Waals surface area contributed by atoms with E-state index in [1.54, 1.807) is 6.92 Å². The van der Waals surface area contributed by atoms with Gasteiger partial charge in [-0.25, -0.2) is 4.85 Å². The summed E-state index contributed by atoms with van der Waals surface area (Å²) in [6, 6.07) is 3.59. The molecule has 0 atom stereocenters. The standard InChI is InChI=1S/C10H9F3N2/c1-3-15-7-4-5-9(14-2)8(6-7)10(11,12)13/h4-6,15H,3H2,1H3. The molecule has 1 rings (SSSR count). The first-order valence-electron chi connectivity index (χ1n) is 4.31. The maximum absolute atomic E-state index is 12.5. The molecule has 80 valence electrons. The molecule has 0 unspecified atom stereocenters. The van der Waals surface area contributed by atoms with E-state index >= 15 is 0 Å². The summed E-state index contributed by atoms with van der Waals surface area (Å²) in [5.41, 5.74) is -0.891. The van der Waals surface area contributed by atoms with Crippen molar-refractivity contribution in [1.82, 2.24) is 0 Å². The van der Waals surface area contributed by atoms with Gasteiger partial charge in [-0.2, -0.15) is 13.2 Å². The van der Waals surface area contributed by atoms with Gasteiger partial charge in [0.1, 0.15) is 0 Å². The summed E-state index contributed by atoms with van der Waals surface area (Å²) in [4.78, 5) is 2.84.